The largest absolute Gasteiger partial charge is 0.257 e. The Morgan fingerprint density at radius 1 is 1.50 bits per heavy atom. The van der Waals surface area contributed by atoms with E-state index in [0.717, 1.165) is 5.69 Å². The summed E-state index contributed by atoms with van der Waals surface area (Å²) in [5.41, 5.74) is 0.832. The Bertz CT molecular complexity index is 206. The van der Waals surface area contributed by atoms with E-state index in [1.165, 1.54) is 0 Å². The lowest BCUT2D eigenvalue weighted by Crippen LogP contribution is -1.76. The Labute approximate surface area is 59.9 Å². The van der Waals surface area contributed by atoms with Gasteiger partial charge in [0.25, 0.3) is 0 Å². The van der Waals surface area contributed by atoms with Crippen LogP contribution in [0.4, 0.5) is 0 Å². The molecule has 1 aromatic rings. The maximum atomic E-state index is 9.99. The molecule has 1 radical (unpaired) electrons. The van der Waals surface area contributed by atoms with Gasteiger partial charge in [0.05, 0.1) is 5.69 Å². The topological polar surface area (TPSA) is 32.8 Å². The van der Waals surface area contributed by atoms with Gasteiger partial charge in [-0.15, -0.1) is 0 Å². The van der Waals surface area contributed by atoms with E-state index in [0.29, 0.717) is 0 Å². The molecule has 0 aliphatic carbocycles. The molecule has 2 nitrogen and oxygen atoms in total. The molecule has 0 saturated carbocycles. The molecular formula is C8H8NO. The van der Waals surface area contributed by atoms with Crippen LogP contribution in [0.3, 0.4) is 0 Å². The molecule has 0 N–H and O–H groups in total. The number of hydrogen-bond donors (Lipinski definition) is 0. The molecule has 10 heavy (non-hydrogen) atoms. The zero-order valence-corrected chi connectivity index (χ0v) is 5.53. The van der Waals surface area contributed by atoms with E-state index in [9.17, 15) is 5.11 Å². The van der Waals surface area contributed by atoms with E-state index in [1.807, 2.05) is 18.2 Å². The molecule has 0 fully saturated rings. The molecule has 0 spiro atoms. The van der Waals surface area contributed by atoms with Crippen molar-refractivity contribution >= 4 is 6.08 Å². The van der Waals surface area contributed by atoms with Gasteiger partial charge in [0.1, 0.15) is 6.61 Å². The summed E-state index contributed by atoms with van der Waals surface area (Å²) in [5.74, 6) is 0. The second kappa shape index (κ2) is 3.80. The maximum Gasteiger partial charge on any atom is 0.101 e. The summed E-state index contributed by atoms with van der Waals surface area (Å²) in [4.78, 5) is 3.99. The van der Waals surface area contributed by atoms with Gasteiger partial charge < -0.3 is 0 Å². The average Bonchev–Trinajstić information content (AvgIpc) is 2.03. The maximum absolute atomic E-state index is 9.99. The summed E-state index contributed by atoms with van der Waals surface area (Å²) in [7, 11) is 0. The fourth-order valence-electron chi connectivity index (χ4n) is 0.643. The lowest BCUT2D eigenvalue weighted by atomic mass is 10.3. The van der Waals surface area contributed by atoms with Crippen molar-refractivity contribution in [2.24, 2.45) is 0 Å². The van der Waals surface area contributed by atoms with Crippen LogP contribution in [0.25, 0.3) is 6.08 Å². The molecule has 51 valence electrons. The molecule has 0 amide bonds. The SMILES string of the molecule is [O]C/C=C/c1ccccn1. The van der Waals surface area contributed by atoms with E-state index < -0.39 is 0 Å². The highest BCUT2D eigenvalue weighted by Crippen LogP contribution is 1.94. The summed E-state index contributed by atoms with van der Waals surface area (Å²) in [6.45, 7) is -0.184. The van der Waals surface area contributed by atoms with Gasteiger partial charge >= 0.3 is 0 Å². The van der Waals surface area contributed by atoms with Crippen molar-refractivity contribution in [3.8, 4) is 0 Å². The van der Waals surface area contributed by atoms with Crippen LogP contribution >= 0.6 is 0 Å². The predicted octanol–water partition coefficient (Wildman–Crippen LogP) is 1.53. The zero-order chi connectivity index (χ0) is 7.23. The Morgan fingerprint density at radius 2 is 2.40 bits per heavy atom. The average molecular weight is 134 g/mol. The molecule has 0 unspecified atom stereocenters. The summed E-state index contributed by atoms with van der Waals surface area (Å²) < 4.78 is 0. The highest BCUT2D eigenvalue weighted by Gasteiger charge is 1.81. The first-order valence-corrected chi connectivity index (χ1v) is 3.09. The minimum atomic E-state index is -0.184. The van der Waals surface area contributed by atoms with Crippen molar-refractivity contribution < 1.29 is 5.11 Å². The van der Waals surface area contributed by atoms with Crippen molar-refractivity contribution in [3.05, 3.63) is 36.2 Å². The predicted molar refractivity (Wildman–Crippen MR) is 38.8 cm³/mol. The van der Waals surface area contributed by atoms with Crippen LogP contribution in [0.5, 0.6) is 0 Å². The lowest BCUT2D eigenvalue weighted by Gasteiger charge is -1.86. The summed E-state index contributed by atoms with van der Waals surface area (Å²) in [6, 6.07) is 5.58. The fraction of sp³-hybridized carbons (Fsp3) is 0.125. The quantitative estimate of drug-likeness (QED) is 0.603. The number of pyridine rings is 1. The molecule has 1 rings (SSSR count). The van der Waals surface area contributed by atoms with Gasteiger partial charge in [-0.3, -0.25) is 4.98 Å². The second-order valence-corrected chi connectivity index (χ2v) is 1.82. The Hall–Kier alpha value is -1.15. The summed E-state index contributed by atoms with van der Waals surface area (Å²) in [5, 5.41) is 9.99. The van der Waals surface area contributed by atoms with Crippen molar-refractivity contribution in [3.63, 3.8) is 0 Å². The van der Waals surface area contributed by atoms with Crippen LogP contribution in [0.2, 0.25) is 0 Å². The molecule has 0 saturated heterocycles. The number of aromatic nitrogens is 1. The normalized spacial score (nSPS) is 10.5. The van der Waals surface area contributed by atoms with E-state index in [2.05, 4.69) is 4.98 Å². The summed E-state index contributed by atoms with van der Waals surface area (Å²) >= 11 is 0. The van der Waals surface area contributed by atoms with Gasteiger partial charge in [0, 0.05) is 6.20 Å². The van der Waals surface area contributed by atoms with E-state index in [1.54, 1.807) is 18.3 Å². The third kappa shape index (κ3) is 1.99. The van der Waals surface area contributed by atoms with Gasteiger partial charge in [0.2, 0.25) is 0 Å². The summed E-state index contributed by atoms with van der Waals surface area (Å²) in [6.07, 6.45) is 4.96. The molecular weight excluding hydrogens is 126 g/mol. The zero-order valence-electron chi connectivity index (χ0n) is 5.53. The lowest BCUT2D eigenvalue weighted by molar-refractivity contribution is 0.233. The van der Waals surface area contributed by atoms with Crippen LogP contribution in [0.15, 0.2) is 30.5 Å². The molecule has 0 aromatic carbocycles. The van der Waals surface area contributed by atoms with Gasteiger partial charge in [-0.1, -0.05) is 12.1 Å². The molecule has 0 aliphatic rings. The van der Waals surface area contributed by atoms with Crippen LogP contribution in [-0.2, 0) is 5.11 Å². The van der Waals surface area contributed by atoms with E-state index in [4.69, 9.17) is 0 Å². The smallest absolute Gasteiger partial charge is 0.101 e. The minimum absolute atomic E-state index is 0.184. The van der Waals surface area contributed by atoms with Crippen molar-refractivity contribution in [2.75, 3.05) is 6.61 Å². The van der Waals surface area contributed by atoms with Crippen LogP contribution in [0.1, 0.15) is 5.69 Å². The van der Waals surface area contributed by atoms with Crippen LogP contribution < -0.4 is 0 Å². The number of nitrogens with zero attached hydrogens (tertiary/aromatic N) is 1. The highest BCUT2D eigenvalue weighted by molar-refractivity contribution is 5.43. The Kier molecular flexibility index (Phi) is 2.64. The molecule has 1 heterocycles. The first-order chi connectivity index (χ1) is 4.93. The first-order valence-electron chi connectivity index (χ1n) is 3.09. The third-order valence-electron chi connectivity index (χ3n) is 1.07. The monoisotopic (exact) mass is 134 g/mol. The minimum Gasteiger partial charge on any atom is -0.257 e. The molecule has 2 heteroatoms. The van der Waals surface area contributed by atoms with Gasteiger partial charge in [-0.25, -0.2) is 5.11 Å². The van der Waals surface area contributed by atoms with Gasteiger partial charge in [-0.05, 0) is 18.2 Å². The Morgan fingerprint density at radius 3 is 3.00 bits per heavy atom. The van der Waals surface area contributed by atoms with E-state index in [-0.39, 0.29) is 6.61 Å². The molecule has 0 aliphatic heterocycles. The molecule has 0 bridgehead atoms. The number of rotatable bonds is 2. The third-order valence-corrected chi connectivity index (χ3v) is 1.07. The van der Waals surface area contributed by atoms with Crippen molar-refractivity contribution in [1.29, 1.82) is 0 Å². The first kappa shape index (κ1) is 6.96. The second-order valence-electron chi connectivity index (χ2n) is 1.82. The van der Waals surface area contributed by atoms with Crippen molar-refractivity contribution in [1.82, 2.24) is 4.98 Å². The van der Waals surface area contributed by atoms with E-state index >= 15 is 0 Å². The number of hydrogen-bond acceptors (Lipinski definition) is 1. The fourth-order valence-corrected chi connectivity index (χ4v) is 0.643. The van der Waals surface area contributed by atoms with Gasteiger partial charge in [0.15, 0.2) is 0 Å². The standard InChI is InChI=1S/C8H8NO/c10-7-3-5-8-4-1-2-6-9-8/h1-6H,7H2/b5-3+. The Balaban J connectivity index is 2.67. The molecule has 0 atom stereocenters. The highest BCUT2D eigenvalue weighted by atomic mass is 16.2. The van der Waals surface area contributed by atoms with Crippen LogP contribution in [-0.4, -0.2) is 11.6 Å². The van der Waals surface area contributed by atoms with Crippen molar-refractivity contribution in [2.45, 2.75) is 0 Å². The van der Waals surface area contributed by atoms with Crippen LogP contribution in [0, 0.1) is 0 Å². The van der Waals surface area contributed by atoms with Gasteiger partial charge in [-0.2, -0.15) is 0 Å². The molecule has 1 aromatic heterocycles.